The first-order valence-electron chi connectivity index (χ1n) is 8.31. The van der Waals surface area contributed by atoms with Crippen molar-refractivity contribution in [3.8, 4) is 11.5 Å². The number of benzene rings is 1. The second-order valence-corrected chi connectivity index (χ2v) is 6.35. The first-order chi connectivity index (χ1) is 12.9. The predicted octanol–water partition coefficient (Wildman–Crippen LogP) is 4.57. The van der Waals surface area contributed by atoms with Crippen LogP contribution in [0, 0.1) is 0 Å². The number of guanidine groups is 1. The summed E-state index contributed by atoms with van der Waals surface area (Å²) in [7, 11) is 1.39. The summed E-state index contributed by atoms with van der Waals surface area (Å²) in [6, 6.07) is 6.81. The maximum atomic E-state index is 12.3. The molecule has 0 aliphatic heterocycles. The Hall–Kier alpha value is -1.69. The quantitative estimate of drug-likeness (QED) is 0.299. The first-order valence-corrected chi connectivity index (χ1v) is 9.25. The number of nitrogens with one attached hydrogen (secondary N) is 2. The minimum absolute atomic E-state index is 0. The van der Waals surface area contributed by atoms with Crippen molar-refractivity contribution >= 4 is 41.3 Å². The maximum absolute atomic E-state index is 12.3. The molecule has 1 aromatic carbocycles. The minimum Gasteiger partial charge on any atom is -0.493 e. The number of rotatable bonds is 8. The van der Waals surface area contributed by atoms with Crippen LogP contribution < -0.4 is 20.1 Å². The number of hydrogen-bond acceptors (Lipinski definition) is 4. The third-order valence-electron chi connectivity index (χ3n) is 3.42. The second kappa shape index (κ2) is 12.0. The van der Waals surface area contributed by atoms with Crippen molar-refractivity contribution in [2.24, 2.45) is 4.99 Å². The molecule has 0 unspecified atom stereocenters. The van der Waals surface area contributed by atoms with E-state index in [1.807, 2.05) is 23.8 Å². The van der Waals surface area contributed by atoms with E-state index in [0.29, 0.717) is 25.6 Å². The molecule has 5 nitrogen and oxygen atoms in total. The number of hydrogen-bond donors (Lipinski definition) is 2. The highest BCUT2D eigenvalue weighted by Gasteiger charge is 2.29. The van der Waals surface area contributed by atoms with Gasteiger partial charge in [0.05, 0.1) is 13.7 Å². The van der Waals surface area contributed by atoms with Crippen LogP contribution in [0.5, 0.6) is 11.5 Å². The van der Waals surface area contributed by atoms with E-state index in [0.717, 1.165) is 11.1 Å². The van der Waals surface area contributed by atoms with E-state index < -0.39 is 12.8 Å². The molecule has 0 aliphatic carbocycles. The zero-order valence-electron chi connectivity index (χ0n) is 15.5. The van der Waals surface area contributed by atoms with Crippen molar-refractivity contribution in [1.82, 2.24) is 10.6 Å². The smallest absolute Gasteiger partial charge is 0.422 e. The van der Waals surface area contributed by atoms with E-state index in [2.05, 4.69) is 15.6 Å². The molecule has 0 saturated carbocycles. The number of thiophene rings is 1. The lowest BCUT2D eigenvalue weighted by molar-refractivity contribution is -0.153. The largest absolute Gasteiger partial charge is 0.493 e. The van der Waals surface area contributed by atoms with E-state index in [4.69, 9.17) is 9.47 Å². The molecule has 2 N–H and O–H groups in total. The highest BCUT2D eigenvalue weighted by Crippen LogP contribution is 2.29. The van der Waals surface area contributed by atoms with Crippen molar-refractivity contribution in [3.05, 3.63) is 46.2 Å². The molecule has 0 atom stereocenters. The van der Waals surface area contributed by atoms with Gasteiger partial charge in [-0.1, -0.05) is 6.07 Å². The lowest BCUT2D eigenvalue weighted by Crippen LogP contribution is -2.36. The summed E-state index contributed by atoms with van der Waals surface area (Å²) in [5, 5.41) is 10.4. The number of halogens is 4. The van der Waals surface area contributed by atoms with Crippen LogP contribution in [0.25, 0.3) is 0 Å². The van der Waals surface area contributed by atoms with Gasteiger partial charge in [0.25, 0.3) is 0 Å². The fourth-order valence-corrected chi connectivity index (χ4v) is 2.84. The lowest BCUT2D eigenvalue weighted by atomic mass is 10.2. The number of ether oxygens (including phenoxy) is 2. The van der Waals surface area contributed by atoms with Gasteiger partial charge in [0, 0.05) is 13.1 Å². The number of methoxy groups -OCH3 is 1. The standard InChI is InChI=1S/C18H22F3N3O2S.HI/c1-3-22-17(24-10-14-6-7-27-11-14)23-9-13-4-5-15(16(8-13)25-2)26-12-18(19,20)21;/h4-8,11H,3,9-10,12H2,1-2H3,(H2,22,23,24);1H. The number of alkyl halides is 3. The summed E-state index contributed by atoms with van der Waals surface area (Å²) < 4.78 is 46.9. The van der Waals surface area contributed by atoms with E-state index in [-0.39, 0.29) is 35.5 Å². The molecule has 1 aromatic heterocycles. The van der Waals surface area contributed by atoms with E-state index >= 15 is 0 Å². The van der Waals surface area contributed by atoms with Crippen molar-refractivity contribution in [1.29, 1.82) is 0 Å². The van der Waals surface area contributed by atoms with Gasteiger partial charge in [0.1, 0.15) is 0 Å². The topological polar surface area (TPSA) is 54.9 Å². The van der Waals surface area contributed by atoms with E-state index in [9.17, 15) is 13.2 Å². The molecule has 0 amide bonds. The van der Waals surface area contributed by atoms with Crippen molar-refractivity contribution in [2.75, 3.05) is 20.3 Å². The molecule has 0 bridgehead atoms. The van der Waals surface area contributed by atoms with Crippen molar-refractivity contribution in [3.63, 3.8) is 0 Å². The Morgan fingerprint density at radius 3 is 2.54 bits per heavy atom. The summed E-state index contributed by atoms with van der Waals surface area (Å²) in [4.78, 5) is 4.51. The van der Waals surface area contributed by atoms with Gasteiger partial charge in [-0.25, -0.2) is 4.99 Å². The van der Waals surface area contributed by atoms with E-state index in [1.165, 1.54) is 13.2 Å². The SMILES string of the molecule is CCNC(=NCc1ccsc1)NCc1ccc(OCC(F)(F)F)c(OC)c1.I. The van der Waals surface area contributed by atoms with Gasteiger partial charge in [-0.05, 0) is 47.0 Å². The van der Waals surface area contributed by atoms with Crippen LogP contribution in [0.15, 0.2) is 40.0 Å². The van der Waals surface area contributed by atoms with Gasteiger partial charge in [0.2, 0.25) is 0 Å². The van der Waals surface area contributed by atoms with Crippen molar-refractivity contribution < 1.29 is 22.6 Å². The van der Waals surface area contributed by atoms with Gasteiger partial charge < -0.3 is 20.1 Å². The van der Waals surface area contributed by atoms with Crippen LogP contribution >= 0.6 is 35.3 Å². The third kappa shape index (κ3) is 8.55. The van der Waals surface area contributed by atoms with Gasteiger partial charge in [-0.2, -0.15) is 24.5 Å². The fraction of sp³-hybridized carbons (Fsp3) is 0.389. The molecule has 0 fully saturated rings. The Kier molecular flexibility index (Phi) is 10.4. The van der Waals surface area contributed by atoms with Crippen LogP contribution in [0.1, 0.15) is 18.1 Å². The average molecular weight is 529 g/mol. The first kappa shape index (κ1) is 24.3. The molecule has 0 radical (unpaired) electrons. The summed E-state index contributed by atoms with van der Waals surface area (Å²) in [6.45, 7) is 2.32. The monoisotopic (exact) mass is 529 g/mol. The third-order valence-corrected chi connectivity index (χ3v) is 4.16. The van der Waals surface area contributed by atoms with Gasteiger partial charge >= 0.3 is 6.18 Å². The van der Waals surface area contributed by atoms with Gasteiger partial charge in [-0.15, -0.1) is 24.0 Å². The molecular formula is C18H23F3IN3O2S. The second-order valence-electron chi connectivity index (χ2n) is 5.57. The molecule has 0 spiro atoms. The Balaban J connectivity index is 0.00000392. The Morgan fingerprint density at radius 2 is 1.93 bits per heavy atom. The van der Waals surface area contributed by atoms with Gasteiger partial charge in [-0.3, -0.25) is 0 Å². The van der Waals surface area contributed by atoms with Crippen LogP contribution in [-0.2, 0) is 13.1 Å². The molecule has 156 valence electrons. The molecule has 1 heterocycles. The molecular weight excluding hydrogens is 506 g/mol. The Bertz CT molecular complexity index is 740. The van der Waals surface area contributed by atoms with Crippen molar-refractivity contribution in [2.45, 2.75) is 26.2 Å². The highest BCUT2D eigenvalue weighted by molar-refractivity contribution is 14.0. The highest BCUT2D eigenvalue weighted by atomic mass is 127. The van der Waals surface area contributed by atoms with Crippen LogP contribution in [0.2, 0.25) is 0 Å². The summed E-state index contributed by atoms with van der Waals surface area (Å²) in [5.74, 6) is 0.954. The van der Waals surface area contributed by atoms with Crippen LogP contribution in [-0.4, -0.2) is 32.4 Å². The molecule has 28 heavy (non-hydrogen) atoms. The summed E-state index contributed by atoms with van der Waals surface area (Å²) in [5.41, 5.74) is 1.96. The van der Waals surface area contributed by atoms with Crippen LogP contribution in [0.4, 0.5) is 13.2 Å². The fourth-order valence-electron chi connectivity index (χ4n) is 2.18. The number of nitrogens with zero attached hydrogens (tertiary/aromatic N) is 1. The lowest BCUT2D eigenvalue weighted by Gasteiger charge is -2.15. The van der Waals surface area contributed by atoms with Crippen LogP contribution in [0.3, 0.4) is 0 Å². The molecule has 2 rings (SSSR count). The molecule has 10 heteroatoms. The average Bonchev–Trinajstić information content (AvgIpc) is 3.15. The normalized spacial score (nSPS) is 11.5. The molecule has 0 aliphatic rings. The Morgan fingerprint density at radius 1 is 1.14 bits per heavy atom. The zero-order chi connectivity index (χ0) is 19.7. The zero-order valence-corrected chi connectivity index (χ0v) is 18.7. The summed E-state index contributed by atoms with van der Waals surface area (Å²) in [6.07, 6.45) is -4.40. The molecule has 2 aromatic rings. The predicted molar refractivity (Wildman–Crippen MR) is 116 cm³/mol. The number of aliphatic imine (C=N–C) groups is 1. The summed E-state index contributed by atoms with van der Waals surface area (Å²) >= 11 is 1.62. The maximum Gasteiger partial charge on any atom is 0.422 e. The van der Waals surface area contributed by atoms with E-state index in [1.54, 1.807) is 23.5 Å². The Labute approximate surface area is 183 Å². The molecule has 0 saturated heterocycles. The van der Waals surface area contributed by atoms with Gasteiger partial charge in [0.15, 0.2) is 24.1 Å². The minimum atomic E-state index is -4.40.